The first-order valence-electron chi connectivity index (χ1n) is 5.60. The molecule has 0 aromatic carbocycles. The van der Waals surface area contributed by atoms with Crippen molar-refractivity contribution in [1.82, 2.24) is 4.98 Å². The van der Waals surface area contributed by atoms with Crippen LogP contribution in [0.25, 0.3) is 0 Å². The Labute approximate surface area is 119 Å². The van der Waals surface area contributed by atoms with Gasteiger partial charge in [0.05, 0.1) is 17.0 Å². The van der Waals surface area contributed by atoms with Crippen molar-refractivity contribution in [3.63, 3.8) is 0 Å². The van der Waals surface area contributed by atoms with E-state index in [4.69, 9.17) is 0 Å². The van der Waals surface area contributed by atoms with Crippen molar-refractivity contribution in [3.05, 3.63) is 30.5 Å². The normalized spacial score (nSPS) is 11.8. The van der Waals surface area contributed by atoms with Crippen LogP contribution in [0.3, 0.4) is 0 Å². The lowest BCUT2D eigenvalue weighted by Crippen LogP contribution is -2.19. The summed E-state index contributed by atoms with van der Waals surface area (Å²) in [4.78, 5) is 14.6. The van der Waals surface area contributed by atoms with Gasteiger partial charge in [0.15, 0.2) is 5.82 Å². The van der Waals surface area contributed by atoms with E-state index >= 15 is 0 Å². The summed E-state index contributed by atoms with van der Waals surface area (Å²) < 4.78 is 62.7. The van der Waals surface area contributed by atoms with E-state index in [2.05, 4.69) is 16.9 Å². The van der Waals surface area contributed by atoms with Crippen molar-refractivity contribution in [2.24, 2.45) is 0 Å². The fraction of sp³-hybridized carbons (Fsp3) is 0.273. The number of nitrogens with one attached hydrogen (secondary N) is 2. The average molecular weight is 323 g/mol. The van der Waals surface area contributed by atoms with Crippen molar-refractivity contribution in [2.45, 2.75) is 13.1 Å². The lowest BCUT2D eigenvalue weighted by Gasteiger charge is -2.14. The molecule has 0 aliphatic rings. The number of rotatable bonds is 5. The third-order valence-electron chi connectivity index (χ3n) is 2.29. The van der Waals surface area contributed by atoms with E-state index < -0.39 is 39.2 Å². The second kappa shape index (κ2) is 6.12. The van der Waals surface area contributed by atoms with E-state index in [-0.39, 0.29) is 5.75 Å². The molecule has 0 bridgehead atoms. The first kappa shape index (κ1) is 17.0. The highest BCUT2D eigenvalue weighted by molar-refractivity contribution is 7.92. The molecule has 6 nitrogen and oxygen atoms in total. The molecule has 0 radical (unpaired) electrons. The van der Waals surface area contributed by atoms with Gasteiger partial charge >= 0.3 is 6.18 Å². The summed E-state index contributed by atoms with van der Waals surface area (Å²) in [6.07, 6.45) is -3.38. The van der Waals surface area contributed by atoms with Gasteiger partial charge in [-0.1, -0.05) is 6.58 Å². The molecule has 0 spiro atoms. The molecule has 0 unspecified atom stereocenters. The van der Waals surface area contributed by atoms with Crippen molar-refractivity contribution in [1.29, 1.82) is 0 Å². The molecule has 0 aliphatic heterocycles. The van der Waals surface area contributed by atoms with Gasteiger partial charge in [-0.2, -0.15) is 13.2 Å². The average Bonchev–Trinajstić information content (AvgIpc) is 2.39. The van der Waals surface area contributed by atoms with Gasteiger partial charge in [0, 0.05) is 6.20 Å². The van der Waals surface area contributed by atoms with Gasteiger partial charge < -0.3 is 5.32 Å². The summed E-state index contributed by atoms with van der Waals surface area (Å²) in [5, 5.41) is 2.07. The smallest absolute Gasteiger partial charge is 0.319 e. The molecule has 1 aromatic heterocycles. The van der Waals surface area contributed by atoms with Gasteiger partial charge in [0.25, 0.3) is 0 Å². The number of sulfonamides is 1. The molecule has 2 N–H and O–H groups in total. The summed E-state index contributed by atoms with van der Waals surface area (Å²) >= 11 is 0. The number of anilines is 2. The van der Waals surface area contributed by atoms with E-state index in [0.29, 0.717) is 12.3 Å². The summed E-state index contributed by atoms with van der Waals surface area (Å²) in [5.74, 6) is -1.50. The molecule has 0 saturated carbocycles. The summed E-state index contributed by atoms with van der Waals surface area (Å²) in [5.41, 5.74) is -1.53. The Morgan fingerprint density at radius 2 is 2.10 bits per heavy atom. The third kappa shape index (κ3) is 4.74. The van der Waals surface area contributed by atoms with Crippen LogP contribution >= 0.6 is 0 Å². The van der Waals surface area contributed by atoms with Gasteiger partial charge in [-0.15, -0.1) is 0 Å². The second-order valence-electron chi connectivity index (χ2n) is 3.82. The van der Waals surface area contributed by atoms with Crippen LogP contribution in [-0.2, 0) is 21.0 Å². The lowest BCUT2D eigenvalue weighted by molar-refractivity contribution is -0.137. The number of pyridine rings is 1. The number of halogens is 3. The molecule has 1 aromatic rings. The number of nitrogens with zero attached hydrogens (tertiary/aromatic N) is 1. The van der Waals surface area contributed by atoms with Crippen LogP contribution in [0.1, 0.15) is 12.5 Å². The minimum atomic E-state index is -4.68. The Hall–Kier alpha value is -2.10. The number of aromatic nitrogens is 1. The van der Waals surface area contributed by atoms with Crippen LogP contribution in [-0.4, -0.2) is 25.1 Å². The molecule has 21 heavy (non-hydrogen) atoms. The quantitative estimate of drug-likeness (QED) is 0.811. The van der Waals surface area contributed by atoms with Gasteiger partial charge in [-0.3, -0.25) is 9.52 Å². The molecular weight excluding hydrogens is 311 g/mol. The molecule has 0 aliphatic carbocycles. The number of hydrogen-bond acceptors (Lipinski definition) is 4. The number of carbonyl (C=O) groups is 1. The lowest BCUT2D eigenvalue weighted by atomic mass is 10.2. The SMILES string of the molecule is C=CC(=O)Nc1cc(C(F)(F)F)cnc1NS(=O)(=O)CC. The van der Waals surface area contributed by atoms with Crippen LogP contribution in [0.15, 0.2) is 24.9 Å². The zero-order valence-electron chi connectivity index (χ0n) is 10.9. The van der Waals surface area contributed by atoms with E-state index in [1.54, 1.807) is 0 Å². The maximum atomic E-state index is 12.6. The highest BCUT2D eigenvalue weighted by Crippen LogP contribution is 2.32. The Morgan fingerprint density at radius 3 is 2.57 bits per heavy atom. The number of alkyl halides is 3. The standard InChI is InChI=1S/C11H12F3N3O3S/c1-3-9(18)16-8-5-7(11(12,13)14)6-15-10(8)17-21(19,20)4-2/h3,5-6H,1,4H2,2H3,(H,15,17)(H,16,18). The van der Waals surface area contributed by atoms with Crippen LogP contribution in [0.5, 0.6) is 0 Å². The molecule has 116 valence electrons. The maximum absolute atomic E-state index is 12.6. The molecule has 10 heteroatoms. The fourth-order valence-corrected chi connectivity index (χ4v) is 1.80. The van der Waals surface area contributed by atoms with Gasteiger partial charge in [-0.25, -0.2) is 13.4 Å². The van der Waals surface area contributed by atoms with E-state index in [9.17, 15) is 26.4 Å². The predicted octanol–water partition coefficient (Wildman–Crippen LogP) is 1.99. The Bertz CT molecular complexity index is 656. The monoisotopic (exact) mass is 323 g/mol. The summed E-state index contributed by atoms with van der Waals surface area (Å²) in [7, 11) is -3.76. The van der Waals surface area contributed by atoms with Crippen molar-refractivity contribution < 1.29 is 26.4 Å². The Balaban J connectivity index is 3.29. The molecule has 1 amide bonds. The van der Waals surface area contributed by atoms with Crippen molar-refractivity contribution in [2.75, 3.05) is 15.8 Å². The summed E-state index contributed by atoms with van der Waals surface area (Å²) in [6, 6.07) is 0.585. The highest BCUT2D eigenvalue weighted by Gasteiger charge is 2.32. The minimum Gasteiger partial charge on any atom is -0.319 e. The molecular formula is C11H12F3N3O3S. The fourth-order valence-electron chi connectivity index (χ4n) is 1.20. The number of carbonyl (C=O) groups excluding carboxylic acids is 1. The van der Waals surface area contributed by atoms with Crippen LogP contribution in [0.4, 0.5) is 24.7 Å². The second-order valence-corrected chi connectivity index (χ2v) is 5.83. The Morgan fingerprint density at radius 1 is 1.48 bits per heavy atom. The largest absolute Gasteiger partial charge is 0.417 e. The predicted molar refractivity (Wildman–Crippen MR) is 71.1 cm³/mol. The van der Waals surface area contributed by atoms with E-state index in [1.807, 2.05) is 4.72 Å². The first-order chi connectivity index (χ1) is 9.59. The van der Waals surface area contributed by atoms with Gasteiger partial charge in [0.2, 0.25) is 15.9 Å². The molecule has 0 fully saturated rings. The topological polar surface area (TPSA) is 88.2 Å². The van der Waals surface area contributed by atoms with Crippen LogP contribution in [0, 0.1) is 0 Å². The van der Waals surface area contributed by atoms with Crippen molar-refractivity contribution in [3.8, 4) is 0 Å². The highest BCUT2D eigenvalue weighted by atomic mass is 32.2. The Kier molecular flexibility index (Phi) is 4.94. The van der Waals surface area contributed by atoms with E-state index in [1.165, 1.54) is 6.92 Å². The number of hydrogen-bond donors (Lipinski definition) is 2. The molecule has 1 rings (SSSR count). The third-order valence-corrected chi connectivity index (χ3v) is 3.55. The van der Waals surface area contributed by atoms with E-state index in [0.717, 1.165) is 6.08 Å². The molecule has 1 heterocycles. The minimum absolute atomic E-state index is 0.301. The molecule has 0 saturated heterocycles. The molecule has 0 atom stereocenters. The van der Waals surface area contributed by atoms with Gasteiger partial charge in [0.1, 0.15) is 0 Å². The van der Waals surface area contributed by atoms with Gasteiger partial charge in [-0.05, 0) is 19.1 Å². The van der Waals surface area contributed by atoms with Crippen LogP contribution < -0.4 is 10.0 Å². The van der Waals surface area contributed by atoms with Crippen molar-refractivity contribution >= 4 is 27.4 Å². The zero-order valence-corrected chi connectivity index (χ0v) is 11.7. The maximum Gasteiger partial charge on any atom is 0.417 e. The van der Waals surface area contributed by atoms with Crippen LogP contribution in [0.2, 0.25) is 0 Å². The summed E-state index contributed by atoms with van der Waals surface area (Å²) in [6.45, 7) is 4.50. The zero-order chi connectivity index (χ0) is 16.3. The first-order valence-corrected chi connectivity index (χ1v) is 7.25. The number of amides is 1.